The van der Waals surface area contributed by atoms with Crippen LogP contribution in [0.15, 0.2) is 18.2 Å². The first-order valence-corrected chi connectivity index (χ1v) is 5.34. The van der Waals surface area contributed by atoms with Crippen molar-refractivity contribution in [3.8, 4) is 0 Å². The minimum Gasteiger partial charge on any atom is -0.481 e. The third-order valence-electron chi connectivity index (χ3n) is 2.31. The standard InChI is InChI=1S/C11H13ClFNO2/c1-2-7(11(15)16)6-14-8-3-4-10(13)9(12)5-8/h3-5,7,14H,2,6H2,1H3,(H,15,16). The van der Waals surface area contributed by atoms with Crippen LogP contribution in [0.3, 0.4) is 0 Å². The Labute approximate surface area is 98.2 Å². The van der Waals surface area contributed by atoms with E-state index in [2.05, 4.69) is 5.32 Å². The van der Waals surface area contributed by atoms with Crippen LogP contribution in [0, 0.1) is 11.7 Å². The molecule has 0 amide bonds. The van der Waals surface area contributed by atoms with Crippen molar-refractivity contribution in [1.82, 2.24) is 0 Å². The van der Waals surface area contributed by atoms with Crippen LogP contribution < -0.4 is 5.32 Å². The van der Waals surface area contributed by atoms with Gasteiger partial charge in [0, 0.05) is 12.2 Å². The van der Waals surface area contributed by atoms with E-state index in [1.807, 2.05) is 0 Å². The molecule has 0 fully saturated rings. The summed E-state index contributed by atoms with van der Waals surface area (Å²) in [5.74, 6) is -1.79. The van der Waals surface area contributed by atoms with Gasteiger partial charge in [0.05, 0.1) is 10.9 Å². The molecular formula is C11H13ClFNO2. The molecule has 3 nitrogen and oxygen atoms in total. The smallest absolute Gasteiger partial charge is 0.308 e. The first-order chi connectivity index (χ1) is 7.54. The molecule has 0 radical (unpaired) electrons. The van der Waals surface area contributed by atoms with Gasteiger partial charge in [0.1, 0.15) is 5.82 Å². The largest absolute Gasteiger partial charge is 0.481 e. The first-order valence-electron chi connectivity index (χ1n) is 4.96. The average Bonchev–Trinajstić information content (AvgIpc) is 2.23. The Morgan fingerprint density at radius 1 is 1.62 bits per heavy atom. The number of aliphatic carboxylic acids is 1. The number of carboxylic acids is 1. The monoisotopic (exact) mass is 245 g/mol. The Balaban J connectivity index is 2.60. The molecule has 16 heavy (non-hydrogen) atoms. The molecule has 0 saturated carbocycles. The molecule has 5 heteroatoms. The predicted octanol–water partition coefficient (Wildman–Crippen LogP) is 3.00. The van der Waals surface area contributed by atoms with Crippen LogP contribution in [0.2, 0.25) is 5.02 Å². The van der Waals surface area contributed by atoms with Crippen molar-refractivity contribution in [2.75, 3.05) is 11.9 Å². The fourth-order valence-electron chi connectivity index (χ4n) is 1.25. The predicted molar refractivity (Wildman–Crippen MR) is 61.3 cm³/mol. The Hall–Kier alpha value is -1.29. The summed E-state index contributed by atoms with van der Waals surface area (Å²) in [5, 5.41) is 11.8. The second-order valence-corrected chi connectivity index (χ2v) is 3.86. The number of carbonyl (C=O) groups is 1. The van der Waals surface area contributed by atoms with Crippen molar-refractivity contribution in [3.63, 3.8) is 0 Å². The number of anilines is 1. The van der Waals surface area contributed by atoms with Gasteiger partial charge in [-0.05, 0) is 24.6 Å². The number of hydrogen-bond donors (Lipinski definition) is 2. The molecule has 0 spiro atoms. The van der Waals surface area contributed by atoms with Gasteiger partial charge in [-0.1, -0.05) is 18.5 Å². The fourth-order valence-corrected chi connectivity index (χ4v) is 1.43. The Morgan fingerprint density at radius 3 is 2.81 bits per heavy atom. The highest BCUT2D eigenvalue weighted by Gasteiger charge is 2.14. The highest BCUT2D eigenvalue weighted by Crippen LogP contribution is 2.19. The summed E-state index contributed by atoms with van der Waals surface area (Å²) in [6.45, 7) is 2.10. The van der Waals surface area contributed by atoms with Crippen molar-refractivity contribution in [1.29, 1.82) is 0 Å². The van der Waals surface area contributed by atoms with Gasteiger partial charge in [0.15, 0.2) is 0 Å². The number of halogens is 2. The SMILES string of the molecule is CCC(CNc1ccc(F)c(Cl)c1)C(=O)O. The minimum absolute atomic E-state index is 0.0216. The van der Waals surface area contributed by atoms with Crippen LogP contribution in [-0.4, -0.2) is 17.6 Å². The van der Waals surface area contributed by atoms with Gasteiger partial charge in [0.2, 0.25) is 0 Å². The fraction of sp³-hybridized carbons (Fsp3) is 0.364. The number of carboxylic acid groups (broad SMARTS) is 1. The molecule has 0 heterocycles. The highest BCUT2D eigenvalue weighted by molar-refractivity contribution is 6.31. The van der Waals surface area contributed by atoms with Gasteiger partial charge in [-0.15, -0.1) is 0 Å². The molecule has 1 unspecified atom stereocenters. The quantitative estimate of drug-likeness (QED) is 0.838. The van der Waals surface area contributed by atoms with Gasteiger partial charge >= 0.3 is 5.97 Å². The summed E-state index contributed by atoms with van der Waals surface area (Å²) in [5.41, 5.74) is 0.617. The lowest BCUT2D eigenvalue weighted by molar-refractivity contribution is -0.141. The number of hydrogen-bond acceptors (Lipinski definition) is 2. The molecule has 1 aromatic carbocycles. The molecule has 0 aliphatic rings. The normalized spacial score (nSPS) is 12.2. The van der Waals surface area contributed by atoms with E-state index in [-0.39, 0.29) is 5.02 Å². The van der Waals surface area contributed by atoms with E-state index in [0.717, 1.165) is 0 Å². The molecule has 1 atom stereocenters. The Morgan fingerprint density at radius 2 is 2.31 bits per heavy atom. The molecule has 1 rings (SSSR count). The van der Waals surface area contributed by atoms with Crippen molar-refractivity contribution < 1.29 is 14.3 Å². The van der Waals surface area contributed by atoms with Gasteiger partial charge in [-0.2, -0.15) is 0 Å². The molecule has 0 saturated heterocycles. The van der Waals surface area contributed by atoms with E-state index in [9.17, 15) is 9.18 Å². The molecule has 1 aromatic rings. The van der Waals surface area contributed by atoms with Crippen LogP contribution >= 0.6 is 11.6 Å². The molecular weight excluding hydrogens is 233 g/mol. The van der Waals surface area contributed by atoms with Crippen LogP contribution in [0.1, 0.15) is 13.3 Å². The lowest BCUT2D eigenvalue weighted by Gasteiger charge is -2.12. The van der Waals surface area contributed by atoms with E-state index in [0.29, 0.717) is 18.7 Å². The summed E-state index contributed by atoms with van der Waals surface area (Å²) < 4.78 is 12.8. The molecule has 0 bridgehead atoms. The first kappa shape index (κ1) is 12.8. The average molecular weight is 246 g/mol. The number of benzene rings is 1. The molecule has 88 valence electrons. The molecule has 0 aliphatic heterocycles. The van der Waals surface area contributed by atoms with E-state index < -0.39 is 17.7 Å². The lowest BCUT2D eigenvalue weighted by Crippen LogP contribution is -2.22. The lowest BCUT2D eigenvalue weighted by atomic mass is 10.1. The second-order valence-electron chi connectivity index (χ2n) is 3.45. The van der Waals surface area contributed by atoms with Crippen molar-refractivity contribution >= 4 is 23.3 Å². The van der Waals surface area contributed by atoms with Gasteiger partial charge in [0.25, 0.3) is 0 Å². The highest BCUT2D eigenvalue weighted by atomic mass is 35.5. The maximum absolute atomic E-state index is 12.8. The summed E-state index contributed by atoms with van der Waals surface area (Å²) in [6, 6.07) is 4.20. The Kier molecular flexibility index (Phi) is 4.55. The van der Waals surface area contributed by atoms with E-state index in [1.165, 1.54) is 18.2 Å². The maximum Gasteiger partial charge on any atom is 0.308 e. The van der Waals surface area contributed by atoms with Crippen LogP contribution in [-0.2, 0) is 4.79 Å². The van der Waals surface area contributed by atoms with Gasteiger partial charge in [-0.3, -0.25) is 4.79 Å². The van der Waals surface area contributed by atoms with Crippen LogP contribution in [0.4, 0.5) is 10.1 Å². The van der Waals surface area contributed by atoms with Crippen molar-refractivity contribution in [3.05, 3.63) is 29.0 Å². The summed E-state index contributed by atoms with van der Waals surface area (Å²) in [6.07, 6.45) is 0.539. The number of nitrogens with one attached hydrogen (secondary N) is 1. The van der Waals surface area contributed by atoms with Crippen LogP contribution in [0.5, 0.6) is 0 Å². The van der Waals surface area contributed by atoms with E-state index in [4.69, 9.17) is 16.7 Å². The summed E-state index contributed by atoms with van der Waals surface area (Å²) >= 11 is 5.59. The second kappa shape index (κ2) is 5.70. The van der Waals surface area contributed by atoms with Crippen LogP contribution in [0.25, 0.3) is 0 Å². The van der Waals surface area contributed by atoms with Crippen molar-refractivity contribution in [2.45, 2.75) is 13.3 Å². The topological polar surface area (TPSA) is 49.3 Å². The van der Waals surface area contributed by atoms with Gasteiger partial charge < -0.3 is 10.4 Å². The van der Waals surface area contributed by atoms with E-state index in [1.54, 1.807) is 6.92 Å². The number of rotatable bonds is 5. The molecule has 2 N–H and O–H groups in total. The zero-order valence-corrected chi connectivity index (χ0v) is 9.59. The molecule has 0 aliphatic carbocycles. The maximum atomic E-state index is 12.8. The summed E-state index contributed by atoms with van der Waals surface area (Å²) in [4.78, 5) is 10.7. The third kappa shape index (κ3) is 3.38. The third-order valence-corrected chi connectivity index (χ3v) is 2.60. The Bertz CT molecular complexity index is 384. The minimum atomic E-state index is -0.844. The zero-order chi connectivity index (χ0) is 12.1. The summed E-state index contributed by atoms with van der Waals surface area (Å²) in [7, 11) is 0. The van der Waals surface area contributed by atoms with E-state index >= 15 is 0 Å². The molecule has 0 aromatic heterocycles. The van der Waals surface area contributed by atoms with Gasteiger partial charge in [-0.25, -0.2) is 4.39 Å². The zero-order valence-electron chi connectivity index (χ0n) is 8.84. The van der Waals surface area contributed by atoms with Crippen molar-refractivity contribution in [2.24, 2.45) is 5.92 Å².